The maximum absolute atomic E-state index is 14.1. The van der Waals surface area contributed by atoms with E-state index in [9.17, 15) is 9.18 Å². The molecule has 0 radical (unpaired) electrons. The average molecular weight is 591 g/mol. The van der Waals surface area contributed by atoms with Crippen molar-refractivity contribution in [2.24, 2.45) is 5.10 Å². The molecule has 0 bridgehead atoms. The molecule has 0 spiro atoms. The smallest absolute Gasteiger partial charge is 0.281 e. The first kappa shape index (κ1) is 27.7. The summed E-state index contributed by atoms with van der Waals surface area (Å²) >= 11 is 0. The third-order valence-electron chi connectivity index (χ3n) is 7.47. The minimum atomic E-state index is -0.302. The highest BCUT2D eigenvalue weighted by Crippen LogP contribution is 2.32. The largest absolute Gasteiger partial charge is 0.489 e. The Labute approximate surface area is 260 Å². The van der Waals surface area contributed by atoms with Crippen molar-refractivity contribution in [1.29, 1.82) is 0 Å². The Balaban J connectivity index is 1.28. The van der Waals surface area contributed by atoms with Gasteiger partial charge in [0.25, 0.3) is 5.91 Å². The first-order valence-electron chi connectivity index (χ1n) is 14.5. The number of ether oxygens (including phenoxy) is 1. The second kappa shape index (κ2) is 12.3. The second-order valence-electron chi connectivity index (χ2n) is 10.4. The molecule has 0 saturated heterocycles. The molecule has 0 aliphatic carbocycles. The summed E-state index contributed by atoms with van der Waals surface area (Å²) < 4.78 is 21.8. The van der Waals surface area contributed by atoms with E-state index in [2.05, 4.69) is 0 Å². The van der Waals surface area contributed by atoms with Gasteiger partial charge in [-0.15, -0.1) is 0 Å². The molecule has 1 aliphatic heterocycles. The molecule has 45 heavy (non-hydrogen) atoms. The van der Waals surface area contributed by atoms with E-state index in [4.69, 9.17) is 14.9 Å². The lowest BCUT2D eigenvalue weighted by Gasteiger charge is -2.11. The van der Waals surface area contributed by atoms with Crippen LogP contribution in [0, 0.1) is 5.82 Å². The van der Waals surface area contributed by atoms with Gasteiger partial charge in [0.05, 0.1) is 22.6 Å². The lowest BCUT2D eigenvalue weighted by atomic mass is 9.99. The highest BCUT2D eigenvalue weighted by Gasteiger charge is 2.32. The molecule has 6 nitrogen and oxygen atoms in total. The third kappa shape index (κ3) is 5.79. The van der Waals surface area contributed by atoms with Crippen LogP contribution >= 0.6 is 0 Å². The average Bonchev–Trinajstić information content (AvgIpc) is 3.67. The number of carbonyl (C=O) groups excluding carboxylic acids is 1. The zero-order valence-corrected chi connectivity index (χ0v) is 24.1. The number of nitrogens with zero attached hydrogens (tertiary/aromatic N) is 4. The highest BCUT2D eigenvalue weighted by atomic mass is 19.1. The number of hydrogen-bond donors (Lipinski definition) is 0. The van der Waals surface area contributed by atoms with Crippen LogP contribution in [0.1, 0.15) is 16.7 Å². The molecule has 5 aromatic carbocycles. The Morgan fingerprint density at radius 2 is 1.31 bits per heavy atom. The van der Waals surface area contributed by atoms with E-state index in [0.29, 0.717) is 34.0 Å². The van der Waals surface area contributed by atoms with Gasteiger partial charge < -0.3 is 4.74 Å². The van der Waals surface area contributed by atoms with Gasteiger partial charge in [-0.25, -0.2) is 9.07 Å². The molecule has 0 N–H and O–H groups in total. The predicted octanol–water partition coefficient (Wildman–Crippen LogP) is 8.09. The van der Waals surface area contributed by atoms with Gasteiger partial charge in [0.2, 0.25) is 0 Å². The summed E-state index contributed by atoms with van der Waals surface area (Å²) in [5, 5.41) is 11.2. The highest BCUT2D eigenvalue weighted by molar-refractivity contribution is 6.37. The number of amides is 1. The van der Waals surface area contributed by atoms with Gasteiger partial charge in [0.1, 0.15) is 23.9 Å². The Hall–Kier alpha value is -6.08. The maximum atomic E-state index is 14.1. The van der Waals surface area contributed by atoms with E-state index in [0.717, 1.165) is 22.4 Å². The van der Waals surface area contributed by atoms with Crippen LogP contribution in [0.5, 0.6) is 5.75 Å². The Kier molecular flexibility index (Phi) is 7.56. The van der Waals surface area contributed by atoms with Crippen LogP contribution < -0.4 is 9.75 Å². The third-order valence-corrected chi connectivity index (χ3v) is 7.47. The quantitative estimate of drug-likeness (QED) is 0.168. The molecule has 1 aliphatic rings. The first-order chi connectivity index (χ1) is 22.1. The monoisotopic (exact) mass is 590 g/mol. The van der Waals surface area contributed by atoms with Crippen LogP contribution in [0.2, 0.25) is 0 Å². The summed E-state index contributed by atoms with van der Waals surface area (Å²) in [4.78, 5) is 13.9. The van der Waals surface area contributed by atoms with Crippen LogP contribution in [-0.2, 0) is 11.4 Å². The van der Waals surface area contributed by atoms with Crippen molar-refractivity contribution in [3.05, 3.63) is 174 Å². The number of para-hydroxylation sites is 2. The standard InChI is InChI=1S/C38H27FN4O2/c39-35-19-11-10-14-29(35)26-45-33-22-20-28(21-23-33)36-30(25-42(40-36)31-15-6-2-7-16-31)24-34-37(27-12-4-1-5-13-27)41-43(38(34)44)32-17-8-3-9-18-32/h1-25H,26H2/b34-24-. The molecular formula is C38H27FN4O2. The van der Waals surface area contributed by atoms with Gasteiger partial charge in [0, 0.05) is 28.5 Å². The minimum Gasteiger partial charge on any atom is -0.489 e. The van der Waals surface area contributed by atoms with Gasteiger partial charge in [-0.05, 0) is 60.7 Å². The van der Waals surface area contributed by atoms with E-state index in [-0.39, 0.29) is 18.3 Å². The second-order valence-corrected chi connectivity index (χ2v) is 10.4. The van der Waals surface area contributed by atoms with Crippen molar-refractivity contribution < 1.29 is 13.9 Å². The number of aromatic nitrogens is 2. The predicted molar refractivity (Wildman–Crippen MR) is 175 cm³/mol. The van der Waals surface area contributed by atoms with Crippen molar-refractivity contribution in [2.45, 2.75) is 6.61 Å². The fraction of sp³-hybridized carbons (Fsp3) is 0.0263. The molecule has 218 valence electrons. The molecule has 6 aromatic rings. The van der Waals surface area contributed by atoms with Gasteiger partial charge in [-0.2, -0.15) is 15.2 Å². The van der Waals surface area contributed by atoms with Crippen LogP contribution in [0.3, 0.4) is 0 Å². The zero-order valence-electron chi connectivity index (χ0n) is 24.1. The van der Waals surface area contributed by atoms with Crippen LogP contribution in [0.25, 0.3) is 23.0 Å². The molecule has 1 amide bonds. The van der Waals surface area contributed by atoms with Gasteiger partial charge in [0.15, 0.2) is 0 Å². The Morgan fingerprint density at radius 1 is 0.689 bits per heavy atom. The van der Waals surface area contributed by atoms with E-state index >= 15 is 0 Å². The number of rotatable bonds is 8. The van der Waals surface area contributed by atoms with Crippen molar-refractivity contribution in [2.75, 3.05) is 5.01 Å². The normalized spacial score (nSPS) is 13.7. The summed E-state index contributed by atoms with van der Waals surface area (Å²) in [6.07, 6.45) is 3.78. The van der Waals surface area contributed by atoms with Crippen LogP contribution in [0.4, 0.5) is 10.1 Å². The van der Waals surface area contributed by atoms with E-state index < -0.39 is 0 Å². The number of benzene rings is 5. The van der Waals surface area contributed by atoms with Crippen molar-refractivity contribution in [3.8, 4) is 22.7 Å². The number of hydrazone groups is 1. The van der Waals surface area contributed by atoms with Crippen LogP contribution in [0.15, 0.2) is 156 Å². The molecule has 0 unspecified atom stereocenters. The summed E-state index contributed by atoms with van der Waals surface area (Å²) in [5.41, 5.74) is 6.20. The van der Waals surface area contributed by atoms with Crippen LogP contribution in [-0.4, -0.2) is 21.4 Å². The van der Waals surface area contributed by atoms with Gasteiger partial charge in [-0.3, -0.25) is 4.79 Å². The molecule has 2 heterocycles. The minimum absolute atomic E-state index is 0.119. The van der Waals surface area contributed by atoms with Gasteiger partial charge >= 0.3 is 0 Å². The summed E-state index contributed by atoms with van der Waals surface area (Å²) in [6.45, 7) is 0.119. The van der Waals surface area contributed by atoms with Crippen molar-refractivity contribution in [3.63, 3.8) is 0 Å². The van der Waals surface area contributed by atoms with E-state index in [1.54, 1.807) is 22.9 Å². The molecule has 0 saturated carbocycles. The summed E-state index contributed by atoms with van der Waals surface area (Å²) in [7, 11) is 0. The number of anilines is 1. The Bertz CT molecular complexity index is 2020. The SMILES string of the molecule is O=C1/C(=C\c2cn(-c3ccccc3)nc2-c2ccc(OCc3ccccc3F)cc2)C(c2ccccc2)=NN1c1ccccc1. The first-order valence-corrected chi connectivity index (χ1v) is 14.5. The molecule has 1 aromatic heterocycles. The molecule has 0 atom stereocenters. The summed E-state index contributed by atoms with van der Waals surface area (Å²) in [6, 6.07) is 43.0. The molecule has 7 heteroatoms. The molecule has 0 fully saturated rings. The molecular weight excluding hydrogens is 563 g/mol. The lowest BCUT2D eigenvalue weighted by Crippen LogP contribution is -2.21. The number of carbonyl (C=O) groups is 1. The van der Waals surface area contributed by atoms with Gasteiger partial charge in [-0.1, -0.05) is 84.9 Å². The maximum Gasteiger partial charge on any atom is 0.281 e. The zero-order chi connectivity index (χ0) is 30.6. The number of hydrogen-bond acceptors (Lipinski definition) is 4. The van der Waals surface area contributed by atoms with Crippen molar-refractivity contribution in [1.82, 2.24) is 9.78 Å². The fourth-order valence-electron chi connectivity index (χ4n) is 5.17. The fourth-order valence-corrected chi connectivity index (χ4v) is 5.17. The topological polar surface area (TPSA) is 59.7 Å². The Morgan fingerprint density at radius 3 is 2.00 bits per heavy atom. The van der Waals surface area contributed by atoms with E-state index in [1.165, 1.54) is 11.1 Å². The lowest BCUT2D eigenvalue weighted by molar-refractivity contribution is -0.114. The molecule has 7 rings (SSSR count). The number of halogens is 1. The van der Waals surface area contributed by atoms with E-state index in [1.807, 2.05) is 128 Å². The van der Waals surface area contributed by atoms with Crippen molar-refractivity contribution >= 4 is 23.4 Å². The summed E-state index contributed by atoms with van der Waals surface area (Å²) in [5.74, 6) is 0.0756.